The first-order chi connectivity index (χ1) is 13.6. The number of anilines is 1. The van der Waals surface area contributed by atoms with E-state index in [4.69, 9.17) is 9.90 Å². The van der Waals surface area contributed by atoms with Gasteiger partial charge in [-0.25, -0.2) is 9.78 Å². The Balaban J connectivity index is 0.000000298. The summed E-state index contributed by atoms with van der Waals surface area (Å²) < 4.78 is 31.7. The molecule has 1 unspecified atom stereocenters. The third kappa shape index (κ3) is 5.21. The molecule has 2 aliphatic heterocycles. The second-order valence-corrected chi connectivity index (χ2v) is 8.85. The van der Waals surface area contributed by atoms with E-state index in [-0.39, 0.29) is 11.3 Å². The van der Waals surface area contributed by atoms with E-state index in [1.165, 1.54) is 0 Å². The number of nitrogens with zero attached hydrogens (tertiary/aromatic N) is 5. The first kappa shape index (κ1) is 21.4. The van der Waals surface area contributed by atoms with Gasteiger partial charge in [0.2, 0.25) is 11.0 Å². The van der Waals surface area contributed by atoms with E-state index in [0.717, 1.165) is 41.9 Å². The number of hydrogen-bond donors (Lipinski definition) is 1. The summed E-state index contributed by atoms with van der Waals surface area (Å²) in [5.41, 5.74) is 2.84. The topological polar surface area (TPSA) is 99.5 Å². The van der Waals surface area contributed by atoms with Gasteiger partial charge in [-0.15, -0.1) is 21.5 Å². The molecule has 0 saturated carbocycles. The maximum atomic E-state index is 12.4. The lowest BCUT2D eigenvalue weighted by Gasteiger charge is -2.23. The van der Waals surface area contributed by atoms with Crippen LogP contribution in [0, 0.1) is 12.3 Å². The van der Waals surface area contributed by atoms with Crippen molar-refractivity contribution in [3.05, 3.63) is 21.6 Å². The molecule has 4 rings (SSSR count). The lowest BCUT2D eigenvalue weighted by atomic mass is 9.86. The molecule has 0 aromatic carbocycles. The van der Waals surface area contributed by atoms with Crippen LogP contribution in [-0.4, -0.2) is 62.9 Å². The van der Waals surface area contributed by atoms with Gasteiger partial charge in [0.15, 0.2) is 0 Å². The predicted molar refractivity (Wildman–Crippen MR) is 99.7 cm³/mol. The molecule has 158 valence electrons. The minimum absolute atomic E-state index is 0.0772. The monoisotopic (exact) mass is 449 g/mol. The van der Waals surface area contributed by atoms with Gasteiger partial charge in [-0.3, -0.25) is 4.79 Å². The number of carbonyl (C=O) groups is 2. The number of halogens is 3. The molecule has 1 amide bonds. The molecule has 4 heterocycles. The molecule has 1 atom stereocenters. The molecular weight excluding hydrogens is 431 g/mol. The van der Waals surface area contributed by atoms with Gasteiger partial charge < -0.3 is 14.9 Å². The van der Waals surface area contributed by atoms with Crippen molar-refractivity contribution < 1.29 is 27.9 Å². The third-order valence-electron chi connectivity index (χ3n) is 4.72. The maximum Gasteiger partial charge on any atom is 0.490 e. The van der Waals surface area contributed by atoms with Crippen LogP contribution in [0.3, 0.4) is 0 Å². The minimum Gasteiger partial charge on any atom is -0.475 e. The highest BCUT2D eigenvalue weighted by atomic mass is 32.1. The highest BCUT2D eigenvalue weighted by molar-refractivity contribution is 7.13. The summed E-state index contributed by atoms with van der Waals surface area (Å²) in [6.07, 6.45) is -3.39. The standard InChI is InChI=1S/C14H17N5OS2.C2HF3O2/c1-10-16-11(6-21-10)5-19-8-14(4-12(19)20)2-3-18(7-14)13-17-15-9-22-13;3-2(4,5)1(6)7/h6,9H,2-5,7-8H2,1H3;(H,6,7). The molecule has 13 heteroatoms. The van der Waals surface area contributed by atoms with Crippen LogP contribution in [0.25, 0.3) is 0 Å². The van der Waals surface area contributed by atoms with Gasteiger partial charge in [0.25, 0.3) is 0 Å². The summed E-state index contributed by atoms with van der Waals surface area (Å²) >= 11 is 3.21. The molecule has 0 radical (unpaired) electrons. The van der Waals surface area contributed by atoms with Gasteiger partial charge in [0.05, 0.1) is 17.2 Å². The summed E-state index contributed by atoms with van der Waals surface area (Å²) in [5, 5.41) is 19.3. The van der Waals surface area contributed by atoms with Crippen LogP contribution in [-0.2, 0) is 16.1 Å². The molecule has 0 bridgehead atoms. The number of thiazole rings is 1. The van der Waals surface area contributed by atoms with Crippen LogP contribution in [0.4, 0.5) is 18.3 Å². The lowest BCUT2D eigenvalue weighted by molar-refractivity contribution is -0.192. The van der Waals surface area contributed by atoms with Crippen molar-refractivity contribution in [2.75, 3.05) is 24.5 Å². The molecule has 8 nitrogen and oxygen atoms in total. The number of amides is 1. The molecule has 2 saturated heterocycles. The zero-order valence-corrected chi connectivity index (χ0v) is 17.0. The van der Waals surface area contributed by atoms with Gasteiger partial charge >= 0.3 is 12.1 Å². The summed E-state index contributed by atoms with van der Waals surface area (Å²) in [5.74, 6) is -2.50. The molecule has 1 spiro atoms. The number of carboxylic acid groups (broad SMARTS) is 1. The smallest absolute Gasteiger partial charge is 0.475 e. The van der Waals surface area contributed by atoms with Crippen LogP contribution in [0.15, 0.2) is 10.9 Å². The van der Waals surface area contributed by atoms with E-state index in [9.17, 15) is 18.0 Å². The quantitative estimate of drug-likeness (QED) is 0.769. The van der Waals surface area contributed by atoms with Crippen molar-refractivity contribution in [2.24, 2.45) is 5.41 Å². The van der Waals surface area contributed by atoms with Crippen LogP contribution in [0.2, 0.25) is 0 Å². The van der Waals surface area contributed by atoms with E-state index in [1.807, 2.05) is 11.8 Å². The molecule has 2 aromatic heterocycles. The van der Waals surface area contributed by atoms with Crippen molar-refractivity contribution in [2.45, 2.75) is 32.5 Å². The second-order valence-electron chi connectivity index (χ2n) is 6.98. The summed E-state index contributed by atoms with van der Waals surface area (Å²) in [6.45, 7) is 5.34. The number of rotatable bonds is 3. The van der Waals surface area contributed by atoms with Crippen LogP contribution in [0.5, 0.6) is 0 Å². The average Bonchev–Trinajstić information content (AvgIpc) is 3.38. The van der Waals surface area contributed by atoms with E-state index in [1.54, 1.807) is 28.2 Å². The fraction of sp³-hybridized carbons (Fsp3) is 0.562. The van der Waals surface area contributed by atoms with Crippen molar-refractivity contribution in [1.82, 2.24) is 20.1 Å². The highest BCUT2D eigenvalue weighted by Gasteiger charge is 2.48. The molecule has 2 fully saturated rings. The Morgan fingerprint density at radius 1 is 1.34 bits per heavy atom. The normalized spacial score (nSPS) is 21.6. The minimum atomic E-state index is -5.08. The average molecular weight is 449 g/mol. The SMILES string of the molecule is Cc1nc(CN2CC3(CCN(c4nncs4)C3)CC2=O)cs1.O=C(O)C(F)(F)F. The number of likely N-dealkylation sites (tertiary alicyclic amines) is 1. The number of carbonyl (C=O) groups excluding carboxylic acids is 1. The number of carboxylic acids is 1. The molecular formula is C16H18F3N5O3S2. The Morgan fingerprint density at radius 2 is 2.07 bits per heavy atom. The van der Waals surface area contributed by atoms with Gasteiger partial charge in [-0.1, -0.05) is 11.3 Å². The Labute approximate surface area is 172 Å². The van der Waals surface area contributed by atoms with Crippen molar-refractivity contribution in [3.63, 3.8) is 0 Å². The Hall–Kier alpha value is -2.28. The molecule has 29 heavy (non-hydrogen) atoms. The van der Waals surface area contributed by atoms with Gasteiger partial charge in [0.1, 0.15) is 5.51 Å². The molecule has 0 aliphatic carbocycles. The van der Waals surface area contributed by atoms with E-state index in [2.05, 4.69) is 25.5 Å². The molecule has 2 aromatic rings. The first-order valence-corrected chi connectivity index (χ1v) is 10.3. The predicted octanol–water partition coefficient (Wildman–Crippen LogP) is 2.57. The number of hydrogen-bond acceptors (Lipinski definition) is 8. The van der Waals surface area contributed by atoms with Crippen LogP contribution >= 0.6 is 22.7 Å². The lowest BCUT2D eigenvalue weighted by Crippen LogP contribution is -2.31. The summed E-state index contributed by atoms with van der Waals surface area (Å²) in [7, 11) is 0. The van der Waals surface area contributed by atoms with Gasteiger partial charge in [-0.2, -0.15) is 13.2 Å². The van der Waals surface area contributed by atoms with Crippen LogP contribution in [0.1, 0.15) is 23.5 Å². The molecule has 2 aliphatic rings. The maximum absolute atomic E-state index is 12.4. The van der Waals surface area contributed by atoms with E-state index < -0.39 is 12.1 Å². The van der Waals surface area contributed by atoms with Gasteiger partial charge in [-0.05, 0) is 13.3 Å². The second kappa shape index (κ2) is 8.22. The number of aromatic nitrogens is 3. The van der Waals surface area contributed by atoms with Crippen molar-refractivity contribution in [1.29, 1.82) is 0 Å². The van der Waals surface area contributed by atoms with Crippen LogP contribution < -0.4 is 4.90 Å². The van der Waals surface area contributed by atoms with Crippen molar-refractivity contribution in [3.8, 4) is 0 Å². The molecule has 1 N–H and O–H groups in total. The first-order valence-electron chi connectivity index (χ1n) is 8.58. The number of aliphatic carboxylic acids is 1. The Kier molecular flexibility index (Phi) is 6.08. The summed E-state index contributed by atoms with van der Waals surface area (Å²) in [6, 6.07) is 0. The van der Waals surface area contributed by atoms with E-state index in [0.29, 0.717) is 13.0 Å². The zero-order chi connectivity index (χ0) is 21.2. The van der Waals surface area contributed by atoms with Crippen molar-refractivity contribution >= 4 is 39.7 Å². The zero-order valence-electron chi connectivity index (χ0n) is 15.3. The Morgan fingerprint density at radius 3 is 2.62 bits per heavy atom. The fourth-order valence-corrected chi connectivity index (χ4v) is 4.67. The third-order valence-corrected chi connectivity index (χ3v) is 6.30. The van der Waals surface area contributed by atoms with E-state index >= 15 is 0 Å². The number of aryl methyl sites for hydroxylation is 1. The fourth-order valence-electron chi connectivity index (χ4n) is 3.48. The summed E-state index contributed by atoms with van der Waals surface area (Å²) in [4.78, 5) is 30.0. The largest absolute Gasteiger partial charge is 0.490 e. The Bertz CT molecular complexity index is 874. The van der Waals surface area contributed by atoms with Gasteiger partial charge in [0, 0.05) is 36.9 Å². The highest BCUT2D eigenvalue weighted by Crippen LogP contribution is 2.42. The number of alkyl halides is 3.